The van der Waals surface area contributed by atoms with Gasteiger partial charge in [-0.3, -0.25) is 0 Å². The Morgan fingerprint density at radius 1 is 0.400 bits per heavy atom. The van der Waals surface area contributed by atoms with Gasteiger partial charge in [0.05, 0.1) is 0 Å². The first-order valence-corrected chi connectivity index (χ1v) is 9.12. The van der Waals surface area contributed by atoms with Crippen LogP contribution in [0.15, 0.2) is 108 Å². The number of halogens is 1. The molecule has 0 unspecified atom stereocenters. The molecule has 0 spiro atoms. The van der Waals surface area contributed by atoms with E-state index in [2.05, 4.69) is 119 Å². The van der Waals surface area contributed by atoms with Crippen LogP contribution >= 0.6 is 15.9 Å². The molecule has 0 aromatic heterocycles. The Bertz CT molecular complexity index is 989. The maximum atomic E-state index is 3.63. The van der Waals surface area contributed by atoms with E-state index in [-0.39, 0.29) is 0 Å². The minimum absolute atomic E-state index is 1.09. The highest BCUT2D eigenvalue weighted by Gasteiger charge is 2.12. The molecule has 0 bridgehead atoms. The fourth-order valence-corrected chi connectivity index (χ4v) is 3.56. The van der Waals surface area contributed by atoms with Gasteiger partial charge in [-0.25, -0.2) is 0 Å². The summed E-state index contributed by atoms with van der Waals surface area (Å²) in [7, 11) is 0. The molecule has 4 aromatic rings. The predicted octanol–water partition coefficient (Wildman–Crippen LogP) is 7.45. The van der Waals surface area contributed by atoms with Gasteiger partial charge >= 0.3 is 0 Å². The Labute approximate surface area is 156 Å². The van der Waals surface area contributed by atoms with Crippen molar-refractivity contribution in [1.82, 2.24) is 0 Å². The van der Waals surface area contributed by atoms with Crippen LogP contribution in [-0.4, -0.2) is 0 Å². The molecule has 0 aliphatic carbocycles. The first-order valence-electron chi connectivity index (χ1n) is 8.33. The lowest BCUT2D eigenvalue weighted by molar-refractivity contribution is 1.55. The van der Waals surface area contributed by atoms with E-state index in [4.69, 9.17) is 0 Å². The second-order valence-electron chi connectivity index (χ2n) is 5.97. The topological polar surface area (TPSA) is 0 Å². The van der Waals surface area contributed by atoms with Crippen LogP contribution in [0.1, 0.15) is 0 Å². The second-order valence-corrected chi connectivity index (χ2v) is 6.88. The summed E-state index contributed by atoms with van der Waals surface area (Å²) in [5.74, 6) is 0. The second kappa shape index (κ2) is 7.08. The summed E-state index contributed by atoms with van der Waals surface area (Å²) in [6.07, 6.45) is 0. The minimum atomic E-state index is 1.09. The van der Waals surface area contributed by atoms with Crippen LogP contribution in [-0.2, 0) is 0 Å². The first-order chi connectivity index (χ1) is 12.3. The highest BCUT2D eigenvalue weighted by Crippen LogP contribution is 2.39. The minimum Gasteiger partial charge on any atom is -0.0622 e. The molecule has 0 saturated heterocycles. The molecule has 0 nitrogen and oxygen atoms in total. The van der Waals surface area contributed by atoms with Gasteiger partial charge in [0.2, 0.25) is 0 Å². The van der Waals surface area contributed by atoms with E-state index in [1.54, 1.807) is 0 Å². The van der Waals surface area contributed by atoms with Gasteiger partial charge in [0.1, 0.15) is 0 Å². The van der Waals surface area contributed by atoms with Gasteiger partial charge in [0.15, 0.2) is 0 Å². The molecule has 0 amide bonds. The first kappa shape index (κ1) is 15.9. The van der Waals surface area contributed by atoms with Crippen molar-refractivity contribution in [1.29, 1.82) is 0 Å². The third-order valence-corrected chi connectivity index (χ3v) is 4.86. The van der Waals surface area contributed by atoms with E-state index in [0.29, 0.717) is 0 Å². The Hall–Kier alpha value is -2.64. The monoisotopic (exact) mass is 384 g/mol. The van der Waals surface area contributed by atoms with E-state index in [1.165, 1.54) is 33.4 Å². The quantitative estimate of drug-likeness (QED) is 0.344. The summed E-state index contributed by atoms with van der Waals surface area (Å²) in [4.78, 5) is 0. The molecule has 120 valence electrons. The summed E-state index contributed by atoms with van der Waals surface area (Å²) in [6.45, 7) is 0. The van der Waals surface area contributed by atoms with E-state index < -0.39 is 0 Å². The van der Waals surface area contributed by atoms with E-state index in [9.17, 15) is 0 Å². The van der Waals surface area contributed by atoms with Crippen molar-refractivity contribution in [2.24, 2.45) is 0 Å². The third kappa shape index (κ3) is 3.29. The molecule has 25 heavy (non-hydrogen) atoms. The summed E-state index contributed by atoms with van der Waals surface area (Å²) in [6, 6.07) is 36.3. The molecule has 1 heteroatoms. The van der Waals surface area contributed by atoms with Crippen molar-refractivity contribution in [3.63, 3.8) is 0 Å². The molecule has 0 heterocycles. The number of rotatable bonds is 3. The summed E-state index contributed by atoms with van der Waals surface area (Å²) >= 11 is 3.63. The Morgan fingerprint density at radius 3 is 1.52 bits per heavy atom. The van der Waals surface area contributed by atoms with Gasteiger partial charge in [0.25, 0.3) is 0 Å². The van der Waals surface area contributed by atoms with Crippen molar-refractivity contribution in [2.75, 3.05) is 0 Å². The highest BCUT2D eigenvalue weighted by molar-refractivity contribution is 9.10. The molecule has 0 radical (unpaired) electrons. The van der Waals surface area contributed by atoms with Crippen LogP contribution in [0, 0.1) is 0 Å². The van der Waals surface area contributed by atoms with Crippen LogP contribution in [0.4, 0.5) is 0 Å². The lowest BCUT2D eigenvalue weighted by Gasteiger charge is -2.15. The van der Waals surface area contributed by atoms with Crippen molar-refractivity contribution in [2.45, 2.75) is 0 Å². The molecule has 4 rings (SSSR count). The zero-order valence-electron chi connectivity index (χ0n) is 13.7. The van der Waals surface area contributed by atoms with Crippen LogP contribution in [0.25, 0.3) is 33.4 Å². The zero-order chi connectivity index (χ0) is 17.1. The summed E-state index contributed by atoms with van der Waals surface area (Å²) in [5.41, 5.74) is 7.44. The number of hydrogen-bond donors (Lipinski definition) is 0. The fraction of sp³-hybridized carbons (Fsp3) is 0. The van der Waals surface area contributed by atoms with Gasteiger partial charge in [-0.15, -0.1) is 0 Å². The normalized spacial score (nSPS) is 10.6. The SMILES string of the molecule is Brc1ccc(-c2ccccc2-c2ccccc2)c(-c2ccccc2)c1. The van der Waals surface area contributed by atoms with Gasteiger partial charge < -0.3 is 0 Å². The number of benzene rings is 4. The smallest absolute Gasteiger partial charge is 0.0181 e. The van der Waals surface area contributed by atoms with Crippen LogP contribution in [0.3, 0.4) is 0 Å². The molecule has 0 atom stereocenters. The predicted molar refractivity (Wildman–Crippen MR) is 110 cm³/mol. The average molecular weight is 385 g/mol. The molecule has 0 aliphatic heterocycles. The van der Waals surface area contributed by atoms with E-state index in [1.807, 2.05) is 0 Å². The molecular weight excluding hydrogens is 368 g/mol. The van der Waals surface area contributed by atoms with Crippen molar-refractivity contribution >= 4 is 15.9 Å². The van der Waals surface area contributed by atoms with Crippen molar-refractivity contribution in [3.05, 3.63) is 108 Å². The van der Waals surface area contributed by atoms with Crippen LogP contribution in [0.5, 0.6) is 0 Å². The lowest BCUT2D eigenvalue weighted by atomic mass is 9.89. The molecule has 0 saturated carbocycles. The fourth-order valence-electron chi connectivity index (χ4n) is 3.20. The van der Waals surface area contributed by atoms with Gasteiger partial charge in [-0.1, -0.05) is 107 Å². The lowest BCUT2D eigenvalue weighted by Crippen LogP contribution is -1.89. The van der Waals surface area contributed by atoms with Gasteiger partial charge in [-0.05, 0) is 45.5 Å². The molecule has 0 N–H and O–H groups in total. The summed E-state index contributed by atoms with van der Waals surface area (Å²) < 4.78 is 1.09. The summed E-state index contributed by atoms with van der Waals surface area (Å²) in [5, 5.41) is 0. The molecule has 0 aliphatic rings. The number of hydrogen-bond acceptors (Lipinski definition) is 0. The van der Waals surface area contributed by atoms with Crippen LogP contribution in [0.2, 0.25) is 0 Å². The standard InChI is InChI=1S/C24H17Br/c25-20-15-16-23(24(17-20)19-11-5-2-6-12-19)22-14-8-7-13-21(22)18-9-3-1-4-10-18/h1-17H. The Morgan fingerprint density at radius 2 is 0.880 bits per heavy atom. The van der Waals surface area contributed by atoms with Gasteiger partial charge in [-0.2, -0.15) is 0 Å². The van der Waals surface area contributed by atoms with E-state index >= 15 is 0 Å². The van der Waals surface area contributed by atoms with Crippen molar-refractivity contribution < 1.29 is 0 Å². The van der Waals surface area contributed by atoms with Crippen molar-refractivity contribution in [3.8, 4) is 33.4 Å². The Balaban J connectivity index is 1.96. The largest absolute Gasteiger partial charge is 0.0622 e. The zero-order valence-corrected chi connectivity index (χ0v) is 15.3. The maximum Gasteiger partial charge on any atom is 0.0181 e. The van der Waals surface area contributed by atoms with Gasteiger partial charge in [0, 0.05) is 4.47 Å². The molecular formula is C24H17Br. The maximum absolute atomic E-state index is 3.63. The molecule has 0 fully saturated rings. The highest BCUT2D eigenvalue weighted by atomic mass is 79.9. The average Bonchev–Trinajstić information content (AvgIpc) is 2.69. The van der Waals surface area contributed by atoms with E-state index in [0.717, 1.165) is 4.47 Å². The molecule has 4 aromatic carbocycles. The third-order valence-electron chi connectivity index (χ3n) is 4.37. The van der Waals surface area contributed by atoms with Crippen LogP contribution < -0.4 is 0 Å². The Kier molecular flexibility index (Phi) is 4.49.